The summed E-state index contributed by atoms with van der Waals surface area (Å²) < 4.78 is 10.9. The van der Waals surface area contributed by atoms with Gasteiger partial charge in [-0.25, -0.2) is 4.98 Å². The molecule has 0 aliphatic rings. The molecular formula is C24H28N2O3S2. The minimum absolute atomic E-state index is 0.0787. The Morgan fingerprint density at radius 1 is 1.10 bits per heavy atom. The maximum atomic E-state index is 12.5. The van der Waals surface area contributed by atoms with Crippen LogP contribution >= 0.6 is 23.1 Å². The predicted octanol–water partition coefficient (Wildman–Crippen LogP) is 5.23. The maximum absolute atomic E-state index is 12.5. The van der Waals surface area contributed by atoms with Crippen LogP contribution in [0.2, 0.25) is 0 Å². The quantitative estimate of drug-likeness (QED) is 0.299. The highest BCUT2D eigenvalue weighted by Crippen LogP contribution is 2.24. The van der Waals surface area contributed by atoms with Crippen molar-refractivity contribution in [3.05, 3.63) is 81.3 Å². The van der Waals surface area contributed by atoms with E-state index in [0.29, 0.717) is 38.5 Å². The number of hydrogen-bond donors (Lipinski definition) is 1. The van der Waals surface area contributed by atoms with Gasteiger partial charge in [0.25, 0.3) is 5.91 Å². The van der Waals surface area contributed by atoms with Gasteiger partial charge in [-0.3, -0.25) is 4.79 Å². The Labute approximate surface area is 192 Å². The summed E-state index contributed by atoms with van der Waals surface area (Å²) in [6.45, 7) is 6.88. The van der Waals surface area contributed by atoms with E-state index in [4.69, 9.17) is 9.47 Å². The third kappa shape index (κ3) is 8.10. The Kier molecular flexibility index (Phi) is 9.55. The van der Waals surface area contributed by atoms with E-state index in [1.54, 1.807) is 23.1 Å². The van der Waals surface area contributed by atoms with E-state index < -0.39 is 0 Å². The molecule has 31 heavy (non-hydrogen) atoms. The number of rotatable bonds is 12. The second kappa shape index (κ2) is 12.6. The van der Waals surface area contributed by atoms with Crippen molar-refractivity contribution in [2.24, 2.45) is 0 Å². The topological polar surface area (TPSA) is 60.5 Å². The molecule has 0 saturated heterocycles. The fourth-order valence-corrected chi connectivity index (χ4v) is 4.41. The number of carbonyl (C=O) groups is 1. The van der Waals surface area contributed by atoms with Crippen LogP contribution in [0.5, 0.6) is 0 Å². The van der Waals surface area contributed by atoms with Crippen LogP contribution in [0.4, 0.5) is 0 Å². The van der Waals surface area contributed by atoms with E-state index in [0.717, 1.165) is 32.5 Å². The average molecular weight is 457 g/mol. The molecule has 3 aromatic rings. The van der Waals surface area contributed by atoms with Gasteiger partial charge in [-0.05, 0) is 49.2 Å². The third-order valence-corrected chi connectivity index (χ3v) is 6.33. The van der Waals surface area contributed by atoms with Crippen molar-refractivity contribution in [3.8, 4) is 0 Å². The predicted molar refractivity (Wildman–Crippen MR) is 127 cm³/mol. The zero-order valence-corrected chi connectivity index (χ0v) is 19.6. The van der Waals surface area contributed by atoms with Gasteiger partial charge in [-0.1, -0.05) is 24.3 Å². The number of thioether (sulfide) groups is 1. The highest BCUT2D eigenvalue weighted by Gasteiger charge is 2.07. The van der Waals surface area contributed by atoms with Crippen LogP contribution < -0.4 is 5.32 Å². The second-order valence-corrected chi connectivity index (χ2v) is 9.03. The molecule has 0 radical (unpaired) electrons. The Hall–Kier alpha value is -2.19. The van der Waals surface area contributed by atoms with Crippen LogP contribution in [0, 0.1) is 6.92 Å². The molecule has 1 N–H and O–H groups in total. The minimum atomic E-state index is -0.0787. The van der Waals surface area contributed by atoms with Gasteiger partial charge in [0.1, 0.15) is 0 Å². The van der Waals surface area contributed by atoms with Crippen LogP contribution in [0.1, 0.15) is 39.1 Å². The van der Waals surface area contributed by atoms with Crippen LogP contribution in [0.15, 0.2) is 58.8 Å². The third-order valence-electron chi connectivity index (χ3n) is 4.46. The number of aromatic nitrogens is 1. The van der Waals surface area contributed by atoms with Gasteiger partial charge in [-0.2, -0.15) is 0 Å². The van der Waals surface area contributed by atoms with Crippen molar-refractivity contribution in [1.29, 1.82) is 0 Å². The number of ether oxygens (including phenoxy) is 2. The standard InChI is InChI=1S/C24H28N2O3S2/c1-3-28-11-12-29-15-20-6-4-5-19(13-20)14-25-24(27)21-7-9-23(10-8-21)31-17-22-16-30-18(2)26-22/h4-10,13,16H,3,11-12,14-15,17H2,1-2H3,(H,25,27). The molecule has 0 aliphatic heterocycles. The van der Waals surface area contributed by atoms with Crippen LogP contribution in [0.25, 0.3) is 0 Å². The van der Waals surface area contributed by atoms with Gasteiger partial charge in [0.05, 0.1) is 30.5 Å². The zero-order chi connectivity index (χ0) is 21.9. The molecule has 0 unspecified atom stereocenters. The van der Waals surface area contributed by atoms with Crippen molar-refractivity contribution < 1.29 is 14.3 Å². The first kappa shape index (κ1) is 23.5. The summed E-state index contributed by atoms with van der Waals surface area (Å²) in [4.78, 5) is 18.1. The minimum Gasteiger partial charge on any atom is -0.379 e. The smallest absolute Gasteiger partial charge is 0.251 e. The summed E-state index contributed by atoms with van der Waals surface area (Å²) in [7, 11) is 0. The summed E-state index contributed by atoms with van der Waals surface area (Å²) in [5, 5.41) is 6.17. The lowest BCUT2D eigenvalue weighted by atomic mass is 10.1. The number of benzene rings is 2. The van der Waals surface area contributed by atoms with E-state index in [9.17, 15) is 4.79 Å². The van der Waals surface area contributed by atoms with Gasteiger partial charge in [0, 0.05) is 34.7 Å². The molecule has 7 heteroatoms. The largest absolute Gasteiger partial charge is 0.379 e. The molecule has 0 bridgehead atoms. The fraction of sp³-hybridized carbons (Fsp3) is 0.333. The summed E-state index contributed by atoms with van der Waals surface area (Å²) >= 11 is 3.39. The molecule has 2 aromatic carbocycles. The van der Waals surface area contributed by atoms with Gasteiger partial charge < -0.3 is 14.8 Å². The summed E-state index contributed by atoms with van der Waals surface area (Å²) in [6.07, 6.45) is 0. The van der Waals surface area contributed by atoms with E-state index in [1.807, 2.05) is 56.3 Å². The first-order chi connectivity index (χ1) is 15.1. The molecule has 1 heterocycles. The SMILES string of the molecule is CCOCCOCc1cccc(CNC(=O)c2ccc(SCc3csc(C)n3)cc2)c1. The molecule has 1 amide bonds. The molecule has 0 spiro atoms. The number of aryl methyl sites for hydroxylation is 1. The van der Waals surface area contributed by atoms with E-state index >= 15 is 0 Å². The summed E-state index contributed by atoms with van der Waals surface area (Å²) in [5.41, 5.74) is 3.88. The summed E-state index contributed by atoms with van der Waals surface area (Å²) in [5.74, 6) is 0.756. The Bertz CT molecular complexity index is 957. The van der Waals surface area contributed by atoms with Crippen molar-refractivity contribution in [1.82, 2.24) is 10.3 Å². The maximum Gasteiger partial charge on any atom is 0.251 e. The van der Waals surface area contributed by atoms with Crippen LogP contribution in [-0.4, -0.2) is 30.7 Å². The lowest BCUT2D eigenvalue weighted by Crippen LogP contribution is -2.22. The number of nitrogens with one attached hydrogen (secondary N) is 1. The monoisotopic (exact) mass is 456 g/mol. The van der Waals surface area contributed by atoms with Gasteiger partial charge in [-0.15, -0.1) is 23.1 Å². The number of amides is 1. The zero-order valence-electron chi connectivity index (χ0n) is 17.9. The molecule has 1 aromatic heterocycles. The van der Waals surface area contributed by atoms with Crippen LogP contribution in [0.3, 0.4) is 0 Å². The molecule has 5 nitrogen and oxygen atoms in total. The molecule has 0 saturated carbocycles. The number of hydrogen-bond acceptors (Lipinski definition) is 6. The first-order valence-electron chi connectivity index (χ1n) is 10.3. The van der Waals surface area contributed by atoms with Gasteiger partial charge >= 0.3 is 0 Å². The number of nitrogens with zero attached hydrogens (tertiary/aromatic N) is 1. The van der Waals surface area contributed by atoms with E-state index in [-0.39, 0.29) is 5.91 Å². The van der Waals surface area contributed by atoms with Gasteiger partial charge in [0.15, 0.2) is 0 Å². The fourth-order valence-electron chi connectivity index (χ4n) is 2.90. The Morgan fingerprint density at radius 3 is 2.61 bits per heavy atom. The highest BCUT2D eigenvalue weighted by molar-refractivity contribution is 7.98. The van der Waals surface area contributed by atoms with Crippen molar-refractivity contribution in [2.45, 2.75) is 37.6 Å². The van der Waals surface area contributed by atoms with Crippen LogP contribution in [-0.2, 0) is 28.4 Å². The van der Waals surface area contributed by atoms with Crippen molar-refractivity contribution in [3.63, 3.8) is 0 Å². The molecule has 0 atom stereocenters. The lowest BCUT2D eigenvalue weighted by Gasteiger charge is -2.09. The molecule has 164 valence electrons. The molecular weight excluding hydrogens is 428 g/mol. The number of carbonyl (C=O) groups excluding carboxylic acids is 1. The Balaban J connectivity index is 1.44. The first-order valence-corrected chi connectivity index (χ1v) is 12.2. The average Bonchev–Trinajstić information content (AvgIpc) is 3.21. The second-order valence-electron chi connectivity index (χ2n) is 6.92. The van der Waals surface area contributed by atoms with E-state index in [2.05, 4.69) is 21.7 Å². The molecule has 3 rings (SSSR count). The van der Waals surface area contributed by atoms with Crippen molar-refractivity contribution >= 4 is 29.0 Å². The lowest BCUT2D eigenvalue weighted by molar-refractivity contribution is 0.0453. The summed E-state index contributed by atoms with van der Waals surface area (Å²) in [6, 6.07) is 15.8. The van der Waals surface area contributed by atoms with E-state index in [1.165, 1.54) is 0 Å². The highest BCUT2D eigenvalue weighted by atomic mass is 32.2. The normalized spacial score (nSPS) is 10.9. The molecule has 0 aliphatic carbocycles. The Morgan fingerprint density at radius 2 is 1.87 bits per heavy atom. The number of thiazole rings is 1. The van der Waals surface area contributed by atoms with Gasteiger partial charge in [0.2, 0.25) is 0 Å². The van der Waals surface area contributed by atoms with Crippen molar-refractivity contribution in [2.75, 3.05) is 19.8 Å². The molecule has 0 fully saturated rings.